The number of ether oxygens (including phenoxy) is 1. The molecule has 0 aliphatic rings. The molecule has 0 bridgehead atoms. The second kappa shape index (κ2) is 6.21. The smallest absolute Gasteiger partial charge is 0.252 e. The van der Waals surface area contributed by atoms with E-state index in [2.05, 4.69) is 0 Å². The van der Waals surface area contributed by atoms with E-state index in [0.29, 0.717) is 17.9 Å². The number of rotatable bonds is 5. The van der Waals surface area contributed by atoms with Crippen LogP contribution in [0.3, 0.4) is 0 Å². The monoisotopic (exact) mass is 271 g/mol. The van der Waals surface area contributed by atoms with E-state index in [-0.39, 0.29) is 6.61 Å². The molecule has 2 aromatic rings. The Hall–Kier alpha value is -2.33. The largest absolute Gasteiger partial charge is 0.488 e. The molecule has 0 fully saturated rings. The van der Waals surface area contributed by atoms with Gasteiger partial charge in [-0.25, -0.2) is 0 Å². The van der Waals surface area contributed by atoms with E-state index >= 15 is 0 Å². The van der Waals surface area contributed by atoms with Gasteiger partial charge in [-0.15, -0.1) is 0 Å². The highest BCUT2D eigenvalue weighted by Crippen LogP contribution is 2.21. The number of aliphatic hydroxyl groups excluding tert-OH is 1. The predicted molar refractivity (Wildman–Crippen MR) is 76.4 cm³/mol. The minimum absolute atomic E-state index is 0.0187. The van der Waals surface area contributed by atoms with Gasteiger partial charge in [-0.3, -0.25) is 4.79 Å². The van der Waals surface area contributed by atoms with E-state index in [4.69, 9.17) is 15.6 Å². The fourth-order valence-electron chi connectivity index (χ4n) is 1.85. The molecule has 0 spiro atoms. The van der Waals surface area contributed by atoms with Gasteiger partial charge in [0, 0.05) is 0 Å². The second-order valence-corrected chi connectivity index (χ2v) is 4.63. The van der Waals surface area contributed by atoms with Crippen molar-refractivity contribution in [1.29, 1.82) is 0 Å². The van der Waals surface area contributed by atoms with Crippen molar-refractivity contribution in [3.05, 3.63) is 64.7 Å². The molecule has 0 aromatic heterocycles. The van der Waals surface area contributed by atoms with Gasteiger partial charge in [-0.05, 0) is 35.7 Å². The summed E-state index contributed by atoms with van der Waals surface area (Å²) in [4.78, 5) is 11.3. The third-order valence-electron chi connectivity index (χ3n) is 3.00. The number of nitrogens with two attached hydrogens (primary N) is 1. The standard InChI is InChI=1S/C16H17NO3/c1-11-2-7-14(16(17)19)15(8-11)20-10-13-5-3-12(9-18)4-6-13/h2-8,18H,9-10H2,1H3,(H2,17,19). The first-order valence-electron chi connectivity index (χ1n) is 6.32. The van der Waals surface area contributed by atoms with Crippen molar-refractivity contribution in [3.8, 4) is 5.75 Å². The minimum Gasteiger partial charge on any atom is -0.488 e. The number of benzene rings is 2. The van der Waals surface area contributed by atoms with Crippen molar-refractivity contribution in [1.82, 2.24) is 0 Å². The first kappa shape index (κ1) is 14.1. The minimum atomic E-state index is -0.504. The molecule has 0 radical (unpaired) electrons. The highest BCUT2D eigenvalue weighted by atomic mass is 16.5. The Labute approximate surface area is 117 Å². The zero-order valence-corrected chi connectivity index (χ0v) is 11.3. The fraction of sp³-hybridized carbons (Fsp3) is 0.188. The average Bonchev–Trinajstić information content (AvgIpc) is 2.45. The van der Waals surface area contributed by atoms with Crippen LogP contribution in [0, 0.1) is 6.92 Å². The highest BCUT2D eigenvalue weighted by molar-refractivity contribution is 5.95. The Balaban J connectivity index is 2.13. The number of hydrogen-bond donors (Lipinski definition) is 2. The van der Waals surface area contributed by atoms with E-state index in [1.165, 1.54) is 0 Å². The molecule has 1 amide bonds. The molecule has 2 rings (SSSR count). The number of aliphatic hydroxyl groups is 1. The summed E-state index contributed by atoms with van der Waals surface area (Å²) in [6, 6.07) is 12.7. The molecule has 104 valence electrons. The molecule has 2 aromatic carbocycles. The van der Waals surface area contributed by atoms with E-state index in [0.717, 1.165) is 16.7 Å². The lowest BCUT2D eigenvalue weighted by atomic mass is 10.1. The molecule has 0 unspecified atom stereocenters. The molecule has 4 nitrogen and oxygen atoms in total. The number of primary amides is 1. The van der Waals surface area contributed by atoms with Gasteiger partial charge >= 0.3 is 0 Å². The summed E-state index contributed by atoms with van der Waals surface area (Å²) >= 11 is 0. The first-order valence-corrected chi connectivity index (χ1v) is 6.32. The Kier molecular flexibility index (Phi) is 4.38. The second-order valence-electron chi connectivity index (χ2n) is 4.63. The third kappa shape index (κ3) is 3.36. The molecular formula is C16H17NO3. The maximum atomic E-state index is 11.3. The Morgan fingerprint density at radius 2 is 1.80 bits per heavy atom. The van der Waals surface area contributed by atoms with Crippen LogP contribution in [-0.4, -0.2) is 11.0 Å². The molecule has 4 heteroatoms. The lowest BCUT2D eigenvalue weighted by Gasteiger charge is -2.11. The van der Waals surface area contributed by atoms with Crippen LogP contribution in [0.2, 0.25) is 0 Å². The molecule has 0 atom stereocenters. The molecule has 0 heterocycles. The molecule has 20 heavy (non-hydrogen) atoms. The molecule has 0 saturated heterocycles. The Morgan fingerprint density at radius 1 is 1.15 bits per heavy atom. The summed E-state index contributed by atoms with van der Waals surface area (Å²) in [5.41, 5.74) is 8.51. The van der Waals surface area contributed by atoms with Crippen LogP contribution in [0.5, 0.6) is 5.75 Å². The zero-order valence-electron chi connectivity index (χ0n) is 11.3. The summed E-state index contributed by atoms with van der Waals surface area (Å²) in [6.07, 6.45) is 0. The van der Waals surface area contributed by atoms with Crippen LogP contribution in [-0.2, 0) is 13.2 Å². The summed E-state index contributed by atoms with van der Waals surface area (Å²) in [5, 5.41) is 8.98. The van der Waals surface area contributed by atoms with Gasteiger partial charge in [0.05, 0.1) is 12.2 Å². The zero-order chi connectivity index (χ0) is 14.5. The van der Waals surface area contributed by atoms with Crippen molar-refractivity contribution < 1.29 is 14.6 Å². The maximum Gasteiger partial charge on any atom is 0.252 e. The van der Waals surface area contributed by atoms with E-state index in [1.54, 1.807) is 12.1 Å². The van der Waals surface area contributed by atoms with Gasteiger partial charge in [0.25, 0.3) is 5.91 Å². The number of amides is 1. The average molecular weight is 271 g/mol. The van der Waals surface area contributed by atoms with Crippen LogP contribution < -0.4 is 10.5 Å². The molecule has 0 aliphatic heterocycles. The van der Waals surface area contributed by atoms with Crippen LogP contribution in [0.25, 0.3) is 0 Å². The summed E-state index contributed by atoms with van der Waals surface area (Å²) in [6.45, 7) is 2.29. The van der Waals surface area contributed by atoms with Crippen LogP contribution in [0.15, 0.2) is 42.5 Å². The Morgan fingerprint density at radius 3 is 2.40 bits per heavy atom. The van der Waals surface area contributed by atoms with Crippen molar-refractivity contribution in [2.75, 3.05) is 0 Å². The summed E-state index contributed by atoms with van der Waals surface area (Å²) in [7, 11) is 0. The topological polar surface area (TPSA) is 72.6 Å². The van der Waals surface area contributed by atoms with Crippen molar-refractivity contribution in [2.45, 2.75) is 20.1 Å². The van der Waals surface area contributed by atoms with Gasteiger partial charge < -0.3 is 15.6 Å². The van der Waals surface area contributed by atoms with Gasteiger partial charge in [0.15, 0.2) is 0 Å². The fourth-order valence-corrected chi connectivity index (χ4v) is 1.85. The van der Waals surface area contributed by atoms with Crippen LogP contribution in [0.4, 0.5) is 0 Å². The third-order valence-corrected chi connectivity index (χ3v) is 3.00. The van der Waals surface area contributed by atoms with Crippen molar-refractivity contribution in [2.24, 2.45) is 5.73 Å². The SMILES string of the molecule is Cc1ccc(C(N)=O)c(OCc2ccc(CO)cc2)c1. The summed E-state index contributed by atoms with van der Waals surface area (Å²) in [5.74, 6) is -0.0145. The van der Waals surface area contributed by atoms with Crippen molar-refractivity contribution in [3.63, 3.8) is 0 Å². The van der Waals surface area contributed by atoms with E-state index in [1.807, 2.05) is 37.3 Å². The summed E-state index contributed by atoms with van der Waals surface area (Å²) < 4.78 is 5.68. The molecule has 0 saturated carbocycles. The maximum absolute atomic E-state index is 11.3. The number of carbonyl (C=O) groups excluding carboxylic acids is 1. The van der Waals surface area contributed by atoms with Gasteiger partial charge in [0.2, 0.25) is 0 Å². The van der Waals surface area contributed by atoms with E-state index < -0.39 is 5.91 Å². The van der Waals surface area contributed by atoms with Gasteiger partial charge in [-0.1, -0.05) is 30.3 Å². The van der Waals surface area contributed by atoms with Crippen molar-refractivity contribution >= 4 is 5.91 Å². The molecule has 3 N–H and O–H groups in total. The Bertz CT molecular complexity index is 606. The number of carbonyl (C=O) groups is 1. The van der Waals surface area contributed by atoms with Gasteiger partial charge in [-0.2, -0.15) is 0 Å². The normalized spacial score (nSPS) is 10.3. The van der Waals surface area contributed by atoms with Crippen LogP contribution >= 0.6 is 0 Å². The highest BCUT2D eigenvalue weighted by Gasteiger charge is 2.09. The van der Waals surface area contributed by atoms with Crippen LogP contribution in [0.1, 0.15) is 27.0 Å². The number of aryl methyl sites for hydroxylation is 1. The molecular weight excluding hydrogens is 254 g/mol. The first-order chi connectivity index (χ1) is 9.60. The molecule has 0 aliphatic carbocycles. The lowest BCUT2D eigenvalue weighted by molar-refractivity contribution is 0.0996. The predicted octanol–water partition coefficient (Wildman–Crippen LogP) is 2.17. The van der Waals surface area contributed by atoms with Gasteiger partial charge in [0.1, 0.15) is 12.4 Å². The van der Waals surface area contributed by atoms with E-state index in [9.17, 15) is 4.79 Å². The lowest BCUT2D eigenvalue weighted by Crippen LogP contribution is -2.13. The quantitative estimate of drug-likeness (QED) is 0.875. The number of hydrogen-bond acceptors (Lipinski definition) is 3.